The van der Waals surface area contributed by atoms with Gasteiger partial charge in [0.05, 0.1) is 6.04 Å². The van der Waals surface area contributed by atoms with Crippen LogP contribution in [0.5, 0.6) is 0 Å². The van der Waals surface area contributed by atoms with E-state index in [4.69, 9.17) is 5.73 Å². The third kappa shape index (κ3) is 1.97. The van der Waals surface area contributed by atoms with E-state index < -0.39 is 0 Å². The topological polar surface area (TPSA) is 50.1 Å². The van der Waals surface area contributed by atoms with E-state index in [2.05, 4.69) is 29.7 Å². The van der Waals surface area contributed by atoms with E-state index in [-0.39, 0.29) is 6.04 Å². The predicted molar refractivity (Wildman–Crippen MR) is 61.8 cm³/mol. The first-order valence-electron chi connectivity index (χ1n) is 5.10. The van der Waals surface area contributed by atoms with Gasteiger partial charge in [-0.2, -0.15) is 0 Å². The lowest BCUT2D eigenvalue weighted by atomic mass is 10.0. The molecule has 1 aliphatic heterocycles. The minimum atomic E-state index is 0.115. The molecule has 3 nitrogen and oxygen atoms in total. The van der Waals surface area contributed by atoms with Crippen molar-refractivity contribution in [3.8, 4) is 0 Å². The van der Waals surface area contributed by atoms with Gasteiger partial charge in [0, 0.05) is 29.1 Å². The van der Waals surface area contributed by atoms with Crippen LogP contribution in [0.1, 0.15) is 13.3 Å². The Morgan fingerprint density at radius 3 is 3.36 bits per heavy atom. The molecule has 2 aliphatic rings. The lowest BCUT2D eigenvalue weighted by Gasteiger charge is -2.23. The molecule has 0 spiro atoms. The predicted octanol–water partition coefficient (Wildman–Crippen LogP) is 0.757. The number of allylic oxidation sites excluding steroid dienone is 1. The molecule has 0 amide bonds. The van der Waals surface area contributed by atoms with E-state index in [1.807, 2.05) is 11.8 Å². The van der Waals surface area contributed by atoms with Crippen LogP contribution >= 0.6 is 11.8 Å². The summed E-state index contributed by atoms with van der Waals surface area (Å²) in [6.45, 7) is 3.18. The molecular formula is C10H17N3S. The second kappa shape index (κ2) is 4.38. The summed E-state index contributed by atoms with van der Waals surface area (Å²) in [7, 11) is 0. The molecular weight excluding hydrogens is 194 g/mol. The molecule has 1 saturated heterocycles. The quantitative estimate of drug-likeness (QED) is 0.645. The highest BCUT2D eigenvalue weighted by Gasteiger charge is 2.28. The van der Waals surface area contributed by atoms with Crippen molar-refractivity contribution >= 4 is 11.8 Å². The van der Waals surface area contributed by atoms with Crippen LogP contribution in [0.2, 0.25) is 0 Å². The Kier molecular flexibility index (Phi) is 3.15. The van der Waals surface area contributed by atoms with Gasteiger partial charge in [0.15, 0.2) is 0 Å². The Bertz CT molecular complexity index is 273. The summed E-state index contributed by atoms with van der Waals surface area (Å²) in [6, 6.07) is 0.469. The second-order valence-corrected chi connectivity index (χ2v) is 4.69. The summed E-state index contributed by atoms with van der Waals surface area (Å²) in [6.07, 6.45) is 5.47. The van der Waals surface area contributed by atoms with E-state index in [0.717, 1.165) is 18.8 Å². The Hall–Kier alpha value is -0.450. The molecule has 0 radical (unpaired) electrons. The zero-order chi connectivity index (χ0) is 9.97. The van der Waals surface area contributed by atoms with Gasteiger partial charge in [-0.25, -0.2) is 0 Å². The van der Waals surface area contributed by atoms with Crippen molar-refractivity contribution < 1.29 is 0 Å². The molecule has 4 N–H and O–H groups in total. The third-order valence-corrected chi connectivity index (χ3v) is 3.50. The minimum Gasteiger partial charge on any atom is -0.385 e. The lowest BCUT2D eigenvalue weighted by Crippen LogP contribution is -2.43. The summed E-state index contributed by atoms with van der Waals surface area (Å²) >= 11 is 1.86. The molecule has 1 fully saturated rings. The van der Waals surface area contributed by atoms with Crippen molar-refractivity contribution in [2.75, 3.05) is 12.4 Å². The van der Waals surface area contributed by atoms with Gasteiger partial charge in [0.25, 0.3) is 0 Å². The van der Waals surface area contributed by atoms with Crippen molar-refractivity contribution in [1.82, 2.24) is 10.6 Å². The summed E-state index contributed by atoms with van der Waals surface area (Å²) in [4.78, 5) is 1.37. The molecule has 0 aromatic carbocycles. The fourth-order valence-corrected chi connectivity index (χ4v) is 2.81. The average molecular weight is 211 g/mol. The van der Waals surface area contributed by atoms with Gasteiger partial charge >= 0.3 is 0 Å². The van der Waals surface area contributed by atoms with Gasteiger partial charge in [-0.05, 0) is 18.6 Å². The van der Waals surface area contributed by atoms with Gasteiger partial charge in [0.2, 0.25) is 0 Å². The van der Waals surface area contributed by atoms with Crippen LogP contribution in [0, 0.1) is 0 Å². The smallest absolute Gasteiger partial charge is 0.0578 e. The fraction of sp³-hybridized carbons (Fsp3) is 0.600. The molecule has 0 aromatic heterocycles. The molecule has 1 heterocycles. The number of rotatable bonds is 3. The zero-order valence-electron chi connectivity index (χ0n) is 8.42. The maximum Gasteiger partial charge on any atom is 0.0578 e. The van der Waals surface area contributed by atoms with E-state index in [0.29, 0.717) is 6.04 Å². The van der Waals surface area contributed by atoms with Crippen LogP contribution in [0.4, 0.5) is 0 Å². The molecule has 14 heavy (non-hydrogen) atoms. The van der Waals surface area contributed by atoms with Crippen LogP contribution in [0.25, 0.3) is 0 Å². The van der Waals surface area contributed by atoms with Crippen LogP contribution in [0.3, 0.4) is 0 Å². The first kappa shape index (κ1) is 10.1. The largest absolute Gasteiger partial charge is 0.385 e. The van der Waals surface area contributed by atoms with Crippen molar-refractivity contribution in [1.29, 1.82) is 0 Å². The Balaban J connectivity index is 2.05. The highest BCUT2D eigenvalue weighted by Crippen LogP contribution is 2.30. The zero-order valence-corrected chi connectivity index (χ0v) is 9.23. The molecule has 0 aromatic rings. The number of hydrogen-bond acceptors (Lipinski definition) is 4. The Morgan fingerprint density at radius 2 is 2.57 bits per heavy atom. The van der Waals surface area contributed by atoms with E-state index in [1.165, 1.54) is 10.6 Å². The summed E-state index contributed by atoms with van der Waals surface area (Å²) in [5.41, 5.74) is 7.23. The lowest BCUT2D eigenvalue weighted by molar-refractivity contribution is 0.586. The maximum absolute atomic E-state index is 6.05. The average Bonchev–Trinajstić information content (AvgIpc) is 2.63. The number of nitrogens with two attached hydrogens (primary N) is 1. The summed E-state index contributed by atoms with van der Waals surface area (Å²) < 4.78 is 0. The van der Waals surface area contributed by atoms with E-state index >= 15 is 0 Å². The van der Waals surface area contributed by atoms with Crippen LogP contribution in [-0.2, 0) is 0 Å². The van der Waals surface area contributed by atoms with E-state index in [9.17, 15) is 0 Å². The normalized spacial score (nSPS) is 30.7. The molecule has 0 saturated carbocycles. The maximum atomic E-state index is 6.05. The first-order valence-corrected chi connectivity index (χ1v) is 6.09. The molecule has 1 aliphatic carbocycles. The minimum absolute atomic E-state index is 0.115. The first-order chi connectivity index (χ1) is 6.81. The highest BCUT2D eigenvalue weighted by molar-refractivity contribution is 8.03. The van der Waals surface area contributed by atoms with Crippen molar-refractivity contribution in [2.24, 2.45) is 5.73 Å². The van der Waals surface area contributed by atoms with E-state index in [1.54, 1.807) is 0 Å². The van der Waals surface area contributed by atoms with Gasteiger partial charge in [-0.15, -0.1) is 11.8 Å². The molecule has 2 atom stereocenters. The number of fused-ring (bicyclic) bond motifs is 1. The molecule has 2 rings (SSSR count). The van der Waals surface area contributed by atoms with Gasteiger partial charge in [-0.1, -0.05) is 6.92 Å². The monoisotopic (exact) mass is 211 g/mol. The van der Waals surface area contributed by atoms with Gasteiger partial charge in [0.1, 0.15) is 0 Å². The van der Waals surface area contributed by atoms with Crippen molar-refractivity contribution in [2.45, 2.75) is 25.4 Å². The standard InChI is InChI=1S/C10H17N3S/c1-2-3-12-7-4-8(11)10-9(5-7)14-6-13-10/h4-5,8,10,12-13H,2-3,6,11H2,1H3. The molecule has 4 heteroatoms. The Labute approximate surface area is 89.2 Å². The SMILES string of the molecule is CCCNC1=CC(N)C2NCSC2=C1. The fourth-order valence-electron chi connectivity index (χ4n) is 1.75. The van der Waals surface area contributed by atoms with Gasteiger partial charge in [-0.3, -0.25) is 5.32 Å². The van der Waals surface area contributed by atoms with Crippen LogP contribution in [0.15, 0.2) is 22.8 Å². The van der Waals surface area contributed by atoms with Gasteiger partial charge < -0.3 is 11.1 Å². The highest BCUT2D eigenvalue weighted by atomic mass is 32.2. The number of thioether (sulfide) groups is 1. The number of hydrogen-bond donors (Lipinski definition) is 3. The number of nitrogens with one attached hydrogen (secondary N) is 2. The Morgan fingerprint density at radius 1 is 1.71 bits per heavy atom. The molecule has 0 bridgehead atoms. The molecule has 2 unspecified atom stereocenters. The van der Waals surface area contributed by atoms with Crippen LogP contribution in [-0.4, -0.2) is 24.5 Å². The van der Waals surface area contributed by atoms with Crippen molar-refractivity contribution in [3.05, 3.63) is 22.8 Å². The van der Waals surface area contributed by atoms with Crippen LogP contribution < -0.4 is 16.4 Å². The van der Waals surface area contributed by atoms with Crippen molar-refractivity contribution in [3.63, 3.8) is 0 Å². The summed E-state index contributed by atoms with van der Waals surface area (Å²) in [5.74, 6) is 0.985. The third-order valence-electron chi connectivity index (χ3n) is 2.48. The second-order valence-electron chi connectivity index (χ2n) is 3.64. The summed E-state index contributed by atoms with van der Waals surface area (Å²) in [5, 5.41) is 6.76. The molecule has 78 valence electrons.